The molecule has 0 aromatic heterocycles. The molecule has 24 heavy (non-hydrogen) atoms. The molecule has 0 saturated heterocycles. The van der Waals surface area contributed by atoms with Crippen LogP contribution >= 0.6 is 0 Å². The summed E-state index contributed by atoms with van der Waals surface area (Å²) in [5.41, 5.74) is 5.03. The first-order valence-corrected chi connectivity index (χ1v) is 8.41. The molecular formula is C21H24N2O. The van der Waals surface area contributed by atoms with Gasteiger partial charge < -0.3 is 5.32 Å². The average molecular weight is 320 g/mol. The zero-order valence-electron chi connectivity index (χ0n) is 14.3. The molecular weight excluding hydrogens is 296 g/mol. The molecule has 0 bridgehead atoms. The second-order valence-electron chi connectivity index (χ2n) is 6.53. The molecule has 0 fully saturated rings. The summed E-state index contributed by atoms with van der Waals surface area (Å²) in [5.74, 6) is -0.0382. The Bertz CT molecular complexity index is 751. The second kappa shape index (κ2) is 7.45. The van der Waals surface area contributed by atoms with Crippen LogP contribution in [0.3, 0.4) is 0 Å². The highest BCUT2D eigenvalue weighted by molar-refractivity contribution is 5.91. The fraction of sp³-hybridized carbons (Fsp3) is 0.286. The Morgan fingerprint density at radius 2 is 2.00 bits per heavy atom. The maximum atomic E-state index is 12.1. The van der Waals surface area contributed by atoms with Gasteiger partial charge >= 0.3 is 0 Å². The van der Waals surface area contributed by atoms with Gasteiger partial charge in [-0.25, -0.2) is 0 Å². The minimum atomic E-state index is -0.0382. The first-order chi connectivity index (χ1) is 11.6. The van der Waals surface area contributed by atoms with Crippen molar-refractivity contribution in [1.29, 1.82) is 0 Å². The van der Waals surface area contributed by atoms with Crippen molar-refractivity contribution in [1.82, 2.24) is 10.2 Å². The molecule has 1 N–H and O–H groups in total. The third-order valence-corrected chi connectivity index (χ3v) is 4.60. The number of nitrogens with one attached hydrogen (secondary N) is 1. The smallest absolute Gasteiger partial charge is 0.244 e. The highest BCUT2D eigenvalue weighted by Crippen LogP contribution is 2.21. The predicted molar refractivity (Wildman–Crippen MR) is 98.6 cm³/mol. The first-order valence-electron chi connectivity index (χ1n) is 8.41. The van der Waals surface area contributed by atoms with Crippen molar-refractivity contribution >= 4 is 12.0 Å². The van der Waals surface area contributed by atoms with Gasteiger partial charge in [0.05, 0.1) is 0 Å². The van der Waals surface area contributed by atoms with Crippen molar-refractivity contribution < 1.29 is 4.79 Å². The van der Waals surface area contributed by atoms with Crippen molar-refractivity contribution in [2.75, 3.05) is 13.6 Å². The van der Waals surface area contributed by atoms with Crippen molar-refractivity contribution in [2.45, 2.75) is 25.9 Å². The Labute approximate surface area is 144 Å². The predicted octanol–water partition coefficient (Wildman–Crippen LogP) is 3.18. The number of aryl methyl sites for hydroxylation is 1. The van der Waals surface area contributed by atoms with Gasteiger partial charge in [0.25, 0.3) is 0 Å². The monoisotopic (exact) mass is 320 g/mol. The topological polar surface area (TPSA) is 32.3 Å². The molecule has 0 spiro atoms. The molecule has 124 valence electrons. The number of amides is 1. The minimum Gasteiger partial charge on any atom is -0.351 e. The van der Waals surface area contributed by atoms with Gasteiger partial charge in [0.1, 0.15) is 0 Å². The van der Waals surface area contributed by atoms with Gasteiger partial charge in [-0.15, -0.1) is 0 Å². The van der Waals surface area contributed by atoms with E-state index in [1.807, 2.05) is 31.2 Å². The van der Waals surface area contributed by atoms with Crippen LogP contribution in [0.1, 0.15) is 22.3 Å². The molecule has 0 saturated carbocycles. The SMILES string of the molecule is Cc1cccc(C=CC(=O)NC[C@H]2Cc3ccccc3CN2C)c1. The van der Waals surface area contributed by atoms with Gasteiger partial charge in [-0.1, -0.05) is 54.1 Å². The zero-order valence-corrected chi connectivity index (χ0v) is 14.3. The molecule has 3 rings (SSSR count). The molecule has 2 aromatic rings. The Balaban J connectivity index is 1.55. The summed E-state index contributed by atoms with van der Waals surface area (Å²) < 4.78 is 0. The van der Waals surface area contributed by atoms with Crippen molar-refractivity contribution in [3.63, 3.8) is 0 Å². The molecule has 3 nitrogen and oxygen atoms in total. The van der Waals surface area contributed by atoms with E-state index >= 15 is 0 Å². The van der Waals surface area contributed by atoms with Crippen LogP contribution in [0.2, 0.25) is 0 Å². The summed E-state index contributed by atoms with van der Waals surface area (Å²) in [4.78, 5) is 14.4. The van der Waals surface area contributed by atoms with Crippen LogP contribution in [-0.2, 0) is 17.8 Å². The quantitative estimate of drug-likeness (QED) is 0.878. The number of likely N-dealkylation sites (N-methyl/N-ethyl adjacent to an activating group) is 1. The Hall–Kier alpha value is -2.39. The molecule has 2 aromatic carbocycles. The summed E-state index contributed by atoms with van der Waals surface area (Å²) in [6, 6.07) is 17.0. The largest absolute Gasteiger partial charge is 0.351 e. The van der Waals surface area contributed by atoms with Crippen molar-refractivity contribution in [3.05, 3.63) is 76.9 Å². The molecule has 3 heteroatoms. The van der Waals surface area contributed by atoms with Crippen LogP contribution in [-0.4, -0.2) is 30.4 Å². The van der Waals surface area contributed by atoms with Gasteiger partial charge in [0.2, 0.25) is 5.91 Å². The Morgan fingerprint density at radius 1 is 1.21 bits per heavy atom. The first kappa shape index (κ1) is 16.5. The van der Waals surface area contributed by atoms with E-state index in [4.69, 9.17) is 0 Å². The van der Waals surface area contributed by atoms with E-state index in [2.05, 4.69) is 47.6 Å². The molecule has 1 aliphatic rings. The van der Waals surface area contributed by atoms with Gasteiger partial charge in [-0.05, 0) is 43.2 Å². The van der Waals surface area contributed by atoms with Crippen LogP contribution in [0.5, 0.6) is 0 Å². The summed E-state index contributed by atoms with van der Waals surface area (Å²) >= 11 is 0. The lowest BCUT2D eigenvalue weighted by Crippen LogP contribution is -2.45. The normalized spacial score (nSPS) is 17.7. The number of nitrogens with zero attached hydrogens (tertiary/aromatic N) is 1. The maximum absolute atomic E-state index is 12.1. The molecule has 0 aliphatic carbocycles. The summed E-state index contributed by atoms with van der Waals surface area (Å²) in [5, 5.41) is 3.03. The number of rotatable bonds is 4. The summed E-state index contributed by atoms with van der Waals surface area (Å²) in [6.07, 6.45) is 4.46. The number of benzene rings is 2. The number of carbonyl (C=O) groups excluding carboxylic acids is 1. The number of hydrogen-bond acceptors (Lipinski definition) is 2. The van der Waals surface area contributed by atoms with Crippen molar-refractivity contribution in [2.24, 2.45) is 0 Å². The van der Waals surface area contributed by atoms with Gasteiger partial charge in [0, 0.05) is 25.2 Å². The van der Waals surface area contributed by atoms with Crippen molar-refractivity contribution in [3.8, 4) is 0 Å². The summed E-state index contributed by atoms with van der Waals surface area (Å²) in [7, 11) is 2.12. The van der Waals surface area contributed by atoms with E-state index in [0.717, 1.165) is 18.5 Å². The fourth-order valence-corrected chi connectivity index (χ4v) is 3.17. The van der Waals surface area contributed by atoms with E-state index in [1.54, 1.807) is 6.08 Å². The van der Waals surface area contributed by atoms with Gasteiger partial charge in [-0.2, -0.15) is 0 Å². The van der Waals surface area contributed by atoms with E-state index in [9.17, 15) is 4.79 Å². The second-order valence-corrected chi connectivity index (χ2v) is 6.53. The minimum absolute atomic E-state index is 0.0382. The summed E-state index contributed by atoms with van der Waals surface area (Å²) in [6.45, 7) is 3.66. The molecule has 0 radical (unpaired) electrons. The third-order valence-electron chi connectivity index (χ3n) is 4.60. The fourth-order valence-electron chi connectivity index (χ4n) is 3.17. The lowest BCUT2D eigenvalue weighted by molar-refractivity contribution is -0.116. The number of carbonyl (C=O) groups is 1. The zero-order chi connectivity index (χ0) is 16.9. The van der Waals surface area contributed by atoms with Crippen LogP contribution < -0.4 is 5.32 Å². The van der Waals surface area contributed by atoms with Crippen LogP contribution in [0, 0.1) is 6.92 Å². The standard InChI is InChI=1S/C21H24N2O/c1-16-6-5-7-17(12-16)10-11-21(24)22-14-20-13-18-8-3-4-9-19(18)15-23(20)2/h3-12,20H,13-15H2,1-2H3,(H,22,24)/t20-/m1/s1. The number of fused-ring (bicyclic) bond motifs is 1. The Kier molecular flexibility index (Phi) is 5.11. The molecule has 0 unspecified atom stereocenters. The molecule has 1 atom stereocenters. The highest BCUT2D eigenvalue weighted by Gasteiger charge is 2.22. The van der Waals surface area contributed by atoms with E-state index < -0.39 is 0 Å². The molecule has 1 aliphatic heterocycles. The molecule has 1 heterocycles. The van der Waals surface area contributed by atoms with Crippen LogP contribution in [0.4, 0.5) is 0 Å². The third kappa shape index (κ3) is 4.12. The maximum Gasteiger partial charge on any atom is 0.244 e. The van der Waals surface area contributed by atoms with Crippen LogP contribution in [0.25, 0.3) is 6.08 Å². The lowest BCUT2D eigenvalue weighted by Gasteiger charge is -2.34. The van der Waals surface area contributed by atoms with Crippen LogP contribution in [0.15, 0.2) is 54.6 Å². The number of hydrogen-bond donors (Lipinski definition) is 1. The average Bonchev–Trinajstić information content (AvgIpc) is 2.58. The van der Waals surface area contributed by atoms with E-state index in [0.29, 0.717) is 12.6 Å². The molecule has 1 amide bonds. The van der Waals surface area contributed by atoms with E-state index in [-0.39, 0.29) is 5.91 Å². The van der Waals surface area contributed by atoms with Gasteiger partial charge in [0.15, 0.2) is 0 Å². The van der Waals surface area contributed by atoms with E-state index in [1.165, 1.54) is 16.7 Å². The van der Waals surface area contributed by atoms with Gasteiger partial charge in [-0.3, -0.25) is 9.69 Å². The highest BCUT2D eigenvalue weighted by atomic mass is 16.1. The lowest BCUT2D eigenvalue weighted by atomic mass is 9.94. The Morgan fingerprint density at radius 3 is 2.79 bits per heavy atom.